The molecule has 0 aliphatic carbocycles. The molecule has 4 nitrogen and oxygen atoms in total. The quantitative estimate of drug-likeness (QED) is 0.826. The Hall–Kier alpha value is -1.23. The molecule has 82 valence electrons. The Morgan fingerprint density at radius 3 is 2.40 bits per heavy atom. The van der Waals surface area contributed by atoms with E-state index in [1.807, 2.05) is 31.3 Å². The first-order valence-corrected chi connectivity index (χ1v) is 6.52. The third-order valence-electron chi connectivity index (χ3n) is 2.54. The summed E-state index contributed by atoms with van der Waals surface area (Å²) in [5.41, 5.74) is 1.74. The fraction of sp³-hybridized carbons (Fsp3) is 0.400. The minimum Gasteiger partial charge on any atom is -0.388 e. The molecule has 0 radical (unpaired) electrons. The molecule has 0 bridgehead atoms. The van der Waals surface area contributed by atoms with Gasteiger partial charge in [0.25, 0.3) is 0 Å². The minimum atomic E-state index is -3.05. The summed E-state index contributed by atoms with van der Waals surface area (Å²) in [5.74, 6) is 0.265. The van der Waals surface area contributed by atoms with Crippen LogP contribution in [-0.2, 0) is 10.0 Å². The molecule has 1 heterocycles. The lowest BCUT2D eigenvalue weighted by Crippen LogP contribution is -2.24. The molecule has 1 aromatic rings. The highest BCUT2D eigenvalue weighted by molar-refractivity contribution is 7.93. The molecule has 0 unspecified atom stereocenters. The van der Waals surface area contributed by atoms with E-state index in [0.29, 0.717) is 6.54 Å². The van der Waals surface area contributed by atoms with E-state index in [9.17, 15) is 8.42 Å². The average molecular weight is 226 g/mol. The fourth-order valence-corrected chi connectivity index (χ4v) is 3.29. The number of nitrogens with one attached hydrogen (secondary N) is 1. The van der Waals surface area contributed by atoms with Gasteiger partial charge in [0.15, 0.2) is 0 Å². The first kappa shape index (κ1) is 10.3. The summed E-state index contributed by atoms with van der Waals surface area (Å²) < 4.78 is 24.7. The molecule has 1 N–H and O–H groups in total. The van der Waals surface area contributed by atoms with Crippen molar-refractivity contribution in [3.8, 4) is 0 Å². The lowest BCUT2D eigenvalue weighted by molar-refractivity contribution is 0.599. The average Bonchev–Trinajstić information content (AvgIpc) is 2.58. The van der Waals surface area contributed by atoms with Crippen LogP contribution in [0.25, 0.3) is 0 Å². The van der Waals surface area contributed by atoms with Crippen molar-refractivity contribution in [2.24, 2.45) is 0 Å². The Balaban J connectivity index is 2.30. The maximum absolute atomic E-state index is 11.6. The van der Waals surface area contributed by atoms with Crippen molar-refractivity contribution in [1.29, 1.82) is 0 Å². The van der Waals surface area contributed by atoms with Crippen LogP contribution in [0.15, 0.2) is 24.3 Å². The Kier molecular flexibility index (Phi) is 2.56. The molecule has 0 aromatic heterocycles. The Morgan fingerprint density at radius 1 is 1.27 bits per heavy atom. The van der Waals surface area contributed by atoms with Gasteiger partial charge in [-0.1, -0.05) is 0 Å². The summed E-state index contributed by atoms with van der Waals surface area (Å²) in [7, 11) is -1.21. The predicted octanol–water partition coefficient (Wildman–Crippen LogP) is 1.27. The maximum atomic E-state index is 11.6. The highest BCUT2D eigenvalue weighted by Gasteiger charge is 2.28. The van der Waals surface area contributed by atoms with Gasteiger partial charge in [0.1, 0.15) is 0 Å². The number of hydrogen-bond donors (Lipinski definition) is 1. The van der Waals surface area contributed by atoms with E-state index in [0.717, 1.165) is 17.8 Å². The summed E-state index contributed by atoms with van der Waals surface area (Å²) in [4.78, 5) is 0. The number of rotatable bonds is 2. The van der Waals surface area contributed by atoms with E-state index < -0.39 is 10.0 Å². The van der Waals surface area contributed by atoms with E-state index in [4.69, 9.17) is 0 Å². The van der Waals surface area contributed by atoms with Crippen molar-refractivity contribution in [2.75, 3.05) is 29.0 Å². The zero-order valence-electron chi connectivity index (χ0n) is 8.60. The van der Waals surface area contributed by atoms with Gasteiger partial charge < -0.3 is 5.32 Å². The molecule has 2 rings (SSSR count). The lowest BCUT2D eigenvalue weighted by Gasteiger charge is -2.16. The summed E-state index contributed by atoms with van der Waals surface area (Å²) in [6.45, 7) is 0.598. The van der Waals surface area contributed by atoms with Gasteiger partial charge >= 0.3 is 0 Å². The Morgan fingerprint density at radius 2 is 1.93 bits per heavy atom. The molecule has 1 fully saturated rings. The summed E-state index contributed by atoms with van der Waals surface area (Å²) in [6.07, 6.45) is 0.718. The van der Waals surface area contributed by atoms with Gasteiger partial charge in [-0.25, -0.2) is 8.42 Å². The molecular formula is C10H14N2O2S. The molecule has 0 saturated carbocycles. The normalized spacial score (nSPS) is 19.1. The number of anilines is 2. The van der Waals surface area contributed by atoms with Gasteiger partial charge in [-0.05, 0) is 30.7 Å². The lowest BCUT2D eigenvalue weighted by atomic mass is 10.3. The number of nitrogens with zero attached hydrogens (tertiary/aromatic N) is 1. The van der Waals surface area contributed by atoms with Gasteiger partial charge in [0, 0.05) is 19.3 Å². The molecule has 0 atom stereocenters. The molecule has 15 heavy (non-hydrogen) atoms. The second-order valence-corrected chi connectivity index (χ2v) is 5.55. The van der Waals surface area contributed by atoms with Crippen LogP contribution in [0.5, 0.6) is 0 Å². The Bertz CT molecular complexity index is 439. The predicted molar refractivity (Wildman–Crippen MR) is 61.7 cm³/mol. The van der Waals surface area contributed by atoms with Crippen LogP contribution in [0.3, 0.4) is 0 Å². The van der Waals surface area contributed by atoms with Crippen LogP contribution in [0.1, 0.15) is 6.42 Å². The van der Waals surface area contributed by atoms with Crippen LogP contribution in [-0.4, -0.2) is 27.8 Å². The van der Waals surface area contributed by atoms with E-state index in [-0.39, 0.29) is 5.75 Å². The monoisotopic (exact) mass is 226 g/mol. The summed E-state index contributed by atoms with van der Waals surface area (Å²) >= 11 is 0. The van der Waals surface area contributed by atoms with Crippen molar-refractivity contribution in [3.05, 3.63) is 24.3 Å². The van der Waals surface area contributed by atoms with Crippen molar-refractivity contribution >= 4 is 21.4 Å². The highest BCUT2D eigenvalue weighted by atomic mass is 32.2. The van der Waals surface area contributed by atoms with Gasteiger partial charge in [-0.15, -0.1) is 0 Å². The topological polar surface area (TPSA) is 49.4 Å². The van der Waals surface area contributed by atoms with Crippen LogP contribution in [0, 0.1) is 0 Å². The second-order valence-electron chi connectivity index (χ2n) is 3.54. The zero-order valence-corrected chi connectivity index (χ0v) is 9.42. The van der Waals surface area contributed by atoms with Crippen LogP contribution in [0.4, 0.5) is 11.4 Å². The van der Waals surface area contributed by atoms with Crippen LogP contribution < -0.4 is 9.62 Å². The van der Waals surface area contributed by atoms with Crippen molar-refractivity contribution in [1.82, 2.24) is 0 Å². The SMILES string of the molecule is CNc1ccc(N2CCCS2(=O)=O)cc1. The molecule has 5 heteroatoms. The van der Waals surface area contributed by atoms with Gasteiger partial charge in [-0.3, -0.25) is 4.31 Å². The first-order valence-electron chi connectivity index (χ1n) is 4.92. The number of benzene rings is 1. The molecule has 0 amide bonds. The fourth-order valence-electron chi connectivity index (χ4n) is 1.72. The molecule has 1 saturated heterocycles. The van der Waals surface area contributed by atoms with E-state index in [1.165, 1.54) is 4.31 Å². The van der Waals surface area contributed by atoms with Crippen molar-refractivity contribution in [2.45, 2.75) is 6.42 Å². The van der Waals surface area contributed by atoms with Crippen molar-refractivity contribution in [3.63, 3.8) is 0 Å². The standard InChI is InChI=1S/C10H14N2O2S/c1-11-9-3-5-10(6-4-9)12-7-2-8-15(12,13)14/h3-6,11H,2,7-8H2,1H3. The Labute approximate surface area is 90.0 Å². The number of hydrogen-bond acceptors (Lipinski definition) is 3. The third-order valence-corrected chi connectivity index (χ3v) is 4.41. The van der Waals surface area contributed by atoms with Crippen LogP contribution in [0.2, 0.25) is 0 Å². The smallest absolute Gasteiger partial charge is 0.235 e. The second kappa shape index (κ2) is 3.73. The number of sulfonamides is 1. The zero-order chi connectivity index (χ0) is 10.9. The van der Waals surface area contributed by atoms with E-state index in [1.54, 1.807) is 0 Å². The third kappa shape index (κ3) is 1.92. The van der Waals surface area contributed by atoms with Gasteiger partial charge in [0.2, 0.25) is 10.0 Å². The molecule has 1 aliphatic rings. The summed E-state index contributed by atoms with van der Waals surface area (Å²) in [5, 5.41) is 3.00. The molecule has 1 aromatic carbocycles. The molecular weight excluding hydrogens is 212 g/mol. The molecule has 1 aliphatic heterocycles. The van der Waals surface area contributed by atoms with Crippen molar-refractivity contribution < 1.29 is 8.42 Å². The van der Waals surface area contributed by atoms with Crippen LogP contribution >= 0.6 is 0 Å². The molecule has 0 spiro atoms. The summed E-state index contributed by atoms with van der Waals surface area (Å²) in [6, 6.07) is 7.41. The largest absolute Gasteiger partial charge is 0.388 e. The van der Waals surface area contributed by atoms with E-state index >= 15 is 0 Å². The first-order chi connectivity index (χ1) is 7.13. The highest BCUT2D eigenvalue weighted by Crippen LogP contribution is 2.24. The van der Waals surface area contributed by atoms with Gasteiger partial charge in [0.05, 0.1) is 11.4 Å². The van der Waals surface area contributed by atoms with E-state index in [2.05, 4.69) is 5.32 Å². The minimum absolute atomic E-state index is 0.265. The van der Waals surface area contributed by atoms with Gasteiger partial charge in [-0.2, -0.15) is 0 Å². The maximum Gasteiger partial charge on any atom is 0.235 e.